The molecule has 0 aromatic heterocycles. The molecule has 0 aliphatic heterocycles. The Morgan fingerprint density at radius 3 is 2.56 bits per heavy atom. The van der Waals surface area contributed by atoms with Crippen LogP contribution in [0.25, 0.3) is 0 Å². The first-order valence-electron chi connectivity index (χ1n) is 8.62. The molecule has 0 saturated heterocycles. The molecule has 0 nitrogen and oxygen atoms in total. The van der Waals surface area contributed by atoms with Crippen molar-refractivity contribution >= 4 is 0 Å². The Bertz CT molecular complexity index is 307. The zero-order chi connectivity index (χ0) is 12.8. The van der Waals surface area contributed by atoms with Gasteiger partial charge in [0.15, 0.2) is 0 Å². The highest BCUT2D eigenvalue weighted by molar-refractivity contribution is 5.10. The highest BCUT2D eigenvalue weighted by atomic mass is 14.6. The highest BCUT2D eigenvalue weighted by Crippen LogP contribution is 2.69. The summed E-state index contributed by atoms with van der Waals surface area (Å²) in [6.07, 6.45) is 15.2. The quantitative estimate of drug-likeness (QED) is 0.569. The summed E-state index contributed by atoms with van der Waals surface area (Å²) in [6, 6.07) is 0. The Morgan fingerprint density at radius 2 is 1.89 bits per heavy atom. The van der Waals surface area contributed by atoms with Crippen LogP contribution in [0.5, 0.6) is 0 Å². The molecule has 3 aliphatic rings. The average Bonchev–Trinajstić information content (AvgIpc) is 3.03. The van der Waals surface area contributed by atoms with E-state index in [2.05, 4.69) is 20.8 Å². The number of hydrogen-bond donors (Lipinski definition) is 0. The van der Waals surface area contributed by atoms with Gasteiger partial charge in [-0.15, -0.1) is 0 Å². The lowest BCUT2D eigenvalue weighted by Crippen LogP contribution is -2.39. The molecule has 0 aromatic carbocycles. The topological polar surface area (TPSA) is 0 Å². The molecule has 4 atom stereocenters. The normalized spacial score (nSPS) is 45.8. The summed E-state index contributed by atoms with van der Waals surface area (Å²) in [5.74, 6) is 3.16. The van der Waals surface area contributed by atoms with Crippen molar-refractivity contribution in [1.82, 2.24) is 0 Å². The molecule has 0 heterocycles. The van der Waals surface area contributed by atoms with Gasteiger partial charge in [-0.25, -0.2) is 0 Å². The minimum Gasteiger partial charge on any atom is -0.0654 e. The Balaban J connectivity index is 0.00000133. The molecule has 3 fully saturated rings. The molecule has 3 saturated carbocycles. The zero-order valence-electron chi connectivity index (χ0n) is 12.8. The van der Waals surface area contributed by atoms with Gasteiger partial charge in [0, 0.05) is 1.43 Å². The van der Waals surface area contributed by atoms with Crippen molar-refractivity contribution in [2.45, 2.75) is 85.0 Å². The van der Waals surface area contributed by atoms with Crippen LogP contribution in [0.15, 0.2) is 0 Å². The molecule has 0 spiro atoms. The van der Waals surface area contributed by atoms with Crippen molar-refractivity contribution in [1.29, 1.82) is 0 Å². The molecule has 3 aliphatic carbocycles. The van der Waals surface area contributed by atoms with Gasteiger partial charge < -0.3 is 0 Å². The van der Waals surface area contributed by atoms with Gasteiger partial charge >= 0.3 is 0 Å². The number of unbranched alkanes of at least 4 members (excludes halogenated alkanes) is 1. The van der Waals surface area contributed by atoms with Crippen molar-refractivity contribution in [3.8, 4) is 0 Å². The average molecular weight is 250 g/mol. The minimum absolute atomic E-state index is 0. The van der Waals surface area contributed by atoms with Crippen LogP contribution in [0, 0.1) is 28.6 Å². The highest BCUT2D eigenvalue weighted by Gasteiger charge is 2.60. The summed E-state index contributed by atoms with van der Waals surface area (Å²) in [5.41, 5.74) is 1.54. The van der Waals surface area contributed by atoms with E-state index < -0.39 is 0 Å². The van der Waals surface area contributed by atoms with Gasteiger partial charge in [0.2, 0.25) is 0 Å². The van der Waals surface area contributed by atoms with Crippen LogP contribution in [-0.4, -0.2) is 0 Å². The summed E-state index contributed by atoms with van der Waals surface area (Å²) >= 11 is 0. The second-order valence-electron chi connectivity index (χ2n) is 8.08. The summed E-state index contributed by atoms with van der Waals surface area (Å²) in [7, 11) is 0. The van der Waals surface area contributed by atoms with Crippen molar-refractivity contribution in [2.75, 3.05) is 0 Å². The van der Waals surface area contributed by atoms with Crippen LogP contribution in [-0.2, 0) is 0 Å². The summed E-state index contributed by atoms with van der Waals surface area (Å²) in [6.45, 7) is 7.57. The van der Waals surface area contributed by atoms with E-state index in [4.69, 9.17) is 0 Å². The first-order valence-corrected chi connectivity index (χ1v) is 8.62. The van der Waals surface area contributed by atoms with Crippen LogP contribution in [0.1, 0.15) is 86.4 Å². The summed E-state index contributed by atoms with van der Waals surface area (Å²) in [5, 5.41) is 0. The van der Waals surface area contributed by atoms with Crippen molar-refractivity contribution in [3.63, 3.8) is 0 Å². The number of hydrogen-bond acceptors (Lipinski definition) is 0. The van der Waals surface area contributed by atoms with Crippen LogP contribution in [0.3, 0.4) is 0 Å². The predicted octanol–water partition coefficient (Wildman–Crippen LogP) is 6.06. The second-order valence-corrected chi connectivity index (χ2v) is 8.08. The molecule has 0 aromatic rings. The lowest BCUT2D eigenvalue weighted by molar-refractivity contribution is 0.0229. The van der Waals surface area contributed by atoms with E-state index in [9.17, 15) is 0 Å². The Kier molecular flexibility index (Phi) is 3.27. The minimum atomic E-state index is 0. The molecule has 0 bridgehead atoms. The smallest absolute Gasteiger partial charge is 0 e. The molecule has 2 unspecified atom stereocenters. The van der Waals surface area contributed by atoms with Crippen molar-refractivity contribution < 1.29 is 1.43 Å². The first kappa shape index (κ1) is 13.0. The van der Waals surface area contributed by atoms with Crippen LogP contribution >= 0.6 is 0 Å². The van der Waals surface area contributed by atoms with Gasteiger partial charge in [0.25, 0.3) is 0 Å². The predicted molar refractivity (Wildman–Crippen MR) is 80.6 cm³/mol. The maximum absolute atomic E-state index is 2.68. The third kappa shape index (κ3) is 1.86. The fourth-order valence-corrected chi connectivity index (χ4v) is 6.03. The molecule has 0 heteroatoms. The van der Waals surface area contributed by atoms with Gasteiger partial charge in [-0.05, 0) is 67.1 Å². The maximum Gasteiger partial charge on any atom is 0 e. The van der Waals surface area contributed by atoms with E-state index >= 15 is 0 Å². The van der Waals surface area contributed by atoms with E-state index in [-0.39, 0.29) is 1.43 Å². The summed E-state index contributed by atoms with van der Waals surface area (Å²) in [4.78, 5) is 0. The van der Waals surface area contributed by atoms with Gasteiger partial charge in [0.1, 0.15) is 0 Å². The molecule has 3 rings (SSSR count). The van der Waals surface area contributed by atoms with E-state index in [1.165, 1.54) is 25.7 Å². The molecular formula is C18H34. The molecule has 0 amide bonds. The monoisotopic (exact) mass is 250 g/mol. The number of rotatable bonds is 4. The third-order valence-corrected chi connectivity index (χ3v) is 7.13. The Morgan fingerprint density at radius 1 is 1.11 bits per heavy atom. The largest absolute Gasteiger partial charge is 0.0654 e. The van der Waals surface area contributed by atoms with Gasteiger partial charge in [-0.1, -0.05) is 46.5 Å². The van der Waals surface area contributed by atoms with Gasteiger partial charge in [-0.3, -0.25) is 0 Å². The van der Waals surface area contributed by atoms with Gasteiger partial charge in [0.05, 0.1) is 0 Å². The maximum atomic E-state index is 2.68. The van der Waals surface area contributed by atoms with E-state index in [0.717, 1.165) is 28.6 Å². The van der Waals surface area contributed by atoms with E-state index in [1.807, 2.05) is 0 Å². The Hall–Kier alpha value is 0. The Labute approximate surface area is 115 Å². The first-order chi connectivity index (χ1) is 8.62. The fraction of sp³-hybridized carbons (Fsp3) is 1.00. The van der Waals surface area contributed by atoms with Crippen LogP contribution in [0.4, 0.5) is 0 Å². The van der Waals surface area contributed by atoms with Crippen LogP contribution < -0.4 is 0 Å². The molecule has 106 valence electrons. The second kappa shape index (κ2) is 4.53. The lowest BCUT2D eigenvalue weighted by atomic mass is 9.58. The standard InChI is InChI=1S/C18H32.H2/c1-4-5-11-18(12-13-18)16-9-8-15-14(2)7-6-10-17(15,16)3;/h14-16H,4-13H2,1-3H3;1H/t14-,15?,16?,17-;/m0./s1. The molecule has 0 radical (unpaired) electrons. The molecule has 0 N–H and O–H groups in total. The lowest BCUT2D eigenvalue weighted by Gasteiger charge is -2.47. The molecule has 18 heavy (non-hydrogen) atoms. The number of fused-ring (bicyclic) bond motifs is 1. The van der Waals surface area contributed by atoms with E-state index in [0.29, 0.717) is 0 Å². The fourth-order valence-electron chi connectivity index (χ4n) is 6.03. The SMILES string of the molecule is CCCCC1(C2CCC3[C@@H](C)CCC[C@@]32C)CC1.[HH]. The third-order valence-electron chi connectivity index (χ3n) is 7.13. The zero-order valence-corrected chi connectivity index (χ0v) is 12.8. The van der Waals surface area contributed by atoms with Crippen LogP contribution in [0.2, 0.25) is 0 Å². The summed E-state index contributed by atoms with van der Waals surface area (Å²) < 4.78 is 0. The van der Waals surface area contributed by atoms with Gasteiger partial charge in [-0.2, -0.15) is 0 Å². The van der Waals surface area contributed by atoms with Crippen molar-refractivity contribution in [2.24, 2.45) is 28.6 Å². The van der Waals surface area contributed by atoms with Crippen molar-refractivity contribution in [3.05, 3.63) is 0 Å². The molecular weight excluding hydrogens is 216 g/mol. The van der Waals surface area contributed by atoms with E-state index in [1.54, 1.807) is 38.5 Å².